The second-order valence-electron chi connectivity index (χ2n) is 5.47. The van der Waals surface area contributed by atoms with Crippen LogP contribution >= 0.6 is 23.4 Å². The molecule has 0 bridgehead atoms. The third kappa shape index (κ3) is 5.03. The fourth-order valence-electron chi connectivity index (χ4n) is 2.27. The first-order valence-electron chi connectivity index (χ1n) is 8.28. The van der Waals surface area contributed by atoms with Crippen LogP contribution in [0.1, 0.15) is 12.5 Å². The number of hydrogen-bond acceptors (Lipinski definition) is 7. The molecule has 0 unspecified atom stereocenters. The molecule has 3 aromatic rings. The number of thioether (sulfide) groups is 1. The lowest BCUT2D eigenvalue weighted by Gasteiger charge is -2.11. The molecule has 0 aliphatic rings. The number of aromatic nitrogens is 2. The lowest BCUT2D eigenvalue weighted by molar-refractivity contribution is -0.113. The van der Waals surface area contributed by atoms with Gasteiger partial charge in [-0.05, 0) is 49.4 Å². The number of carbonyl (C=O) groups is 1. The molecule has 9 heteroatoms. The maximum absolute atomic E-state index is 12.3. The highest BCUT2D eigenvalue weighted by molar-refractivity contribution is 7.99. The van der Waals surface area contributed by atoms with Crippen molar-refractivity contribution in [3.8, 4) is 23.3 Å². The molecule has 0 saturated carbocycles. The summed E-state index contributed by atoms with van der Waals surface area (Å²) in [6.45, 7) is 2.28. The Kier molecular flexibility index (Phi) is 6.53. The Morgan fingerprint density at radius 2 is 2.07 bits per heavy atom. The van der Waals surface area contributed by atoms with Gasteiger partial charge in [0.15, 0.2) is 0 Å². The third-order valence-electron chi connectivity index (χ3n) is 3.51. The summed E-state index contributed by atoms with van der Waals surface area (Å²) in [7, 11) is 0. The maximum atomic E-state index is 12.3. The fraction of sp³-hybridized carbons (Fsp3) is 0.158. The molecule has 0 aliphatic heterocycles. The summed E-state index contributed by atoms with van der Waals surface area (Å²) >= 11 is 6.97. The Hall–Kier alpha value is -3.02. The van der Waals surface area contributed by atoms with Gasteiger partial charge in [-0.25, -0.2) is 0 Å². The van der Waals surface area contributed by atoms with Gasteiger partial charge in [-0.1, -0.05) is 23.4 Å². The number of benzene rings is 2. The van der Waals surface area contributed by atoms with E-state index < -0.39 is 0 Å². The molecular formula is C19H15ClN4O3S. The first-order chi connectivity index (χ1) is 13.6. The van der Waals surface area contributed by atoms with Crippen LogP contribution in [0.3, 0.4) is 0 Å². The van der Waals surface area contributed by atoms with Gasteiger partial charge in [0.25, 0.3) is 5.22 Å². The lowest BCUT2D eigenvalue weighted by Crippen LogP contribution is -2.15. The molecule has 0 spiro atoms. The van der Waals surface area contributed by atoms with Gasteiger partial charge in [0.1, 0.15) is 5.75 Å². The van der Waals surface area contributed by atoms with Gasteiger partial charge < -0.3 is 14.5 Å². The van der Waals surface area contributed by atoms with Crippen LogP contribution in [0, 0.1) is 11.3 Å². The molecule has 0 fully saturated rings. The molecule has 3 rings (SSSR count). The van der Waals surface area contributed by atoms with E-state index in [1.54, 1.807) is 42.5 Å². The third-order valence-corrected chi connectivity index (χ3v) is 4.58. The number of ether oxygens (including phenoxy) is 1. The Bertz CT molecular complexity index is 1010. The number of anilines is 1. The number of amides is 1. The first-order valence-corrected chi connectivity index (χ1v) is 9.64. The van der Waals surface area contributed by atoms with E-state index in [-0.39, 0.29) is 16.9 Å². The normalized spacial score (nSPS) is 10.3. The van der Waals surface area contributed by atoms with E-state index in [1.807, 2.05) is 13.0 Å². The predicted molar refractivity (Wildman–Crippen MR) is 106 cm³/mol. The summed E-state index contributed by atoms with van der Waals surface area (Å²) in [5.41, 5.74) is 1.61. The van der Waals surface area contributed by atoms with Gasteiger partial charge in [-0.15, -0.1) is 10.2 Å². The second kappa shape index (κ2) is 9.26. The maximum Gasteiger partial charge on any atom is 0.277 e. The number of hydrogen-bond donors (Lipinski definition) is 1. The molecular weight excluding hydrogens is 400 g/mol. The van der Waals surface area contributed by atoms with Crippen molar-refractivity contribution in [2.75, 3.05) is 17.7 Å². The number of nitrogens with one attached hydrogen (secondary N) is 1. The Morgan fingerprint density at radius 3 is 2.79 bits per heavy atom. The Morgan fingerprint density at radius 1 is 1.29 bits per heavy atom. The standard InChI is InChI=1S/C19H15ClN4O3S/c1-2-26-16-8-3-12(10-21)9-15(16)22-17(25)11-28-19-24-23-18(27-19)13-4-6-14(20)7-5-13/h3-9H,2,11H2,1H3,(H,22,25). The SMILES string of the molecule is CCOc1ccc(C#N)cc1NC(=O)CSc1nnc(-c2ccc(Cl)cc2)o1. The summed E-state index contributed by atoms with van der Waals surface area (Å²) in [5.74, 6) is 0.625. The van der Waals surface area contributed by atoms with Crippen molar-refractivity contribution in [2.24, 2.45) is 0 Å². The monoisotopic (exact) mass is 414 g/mol. The minimum absolute atomic E-state index is 0.0601. The van der Waals surface area contributed by atoms with Crippen LogP contribution in [0.4, 0.5) is 5.69 Å². The molecule has 0 radical (unpaired) electrons. The van der Waals surface area contributed by atoms with Gasteiger partial charge in [-0.3, -0.25) is 4.79 Å². The summed E-state index contributed by atoms with van der Waals surface area (Å²) < 4.78 is 11.0. The van der Waals surface area contributed by atoms with Crippen LogP contribution in [-0.2, 0) is 4.79 Å². The zero-order chi connectivity index (χ0) is 19.9. The summed E-state index contributed by atoms with van der Waals surface area (Å²) in [6.07, 6.45) is 0. The zero-order valence-corrected chi connectivity index (χ0v) is 16.4. The van der Waals surface area contributed by atoms with Crippen LogP contribution in [0.25, 0.3) is 11.5 Å². The van der Waals surface area contributed by atoms with Crippen LogP contribution in [0.15, 0.2) is 52.1 Å². The Labute approximate surface area is 170 Å². The molecule has 1 heterocycles. The van der Waals surface area contributed by atoms with E-state index in [0.29, 0.717) is 34.5 Å². The number of rotatable bonds is 7. The largest absolute Gasteiger partial charge is 0.492 e. The molecule has 28 heavy (non-hydrogen) atoms. The molecule has 1 aromatic heterocycles. The molecule has 0 aliphatic carbocycles. The molecule has 2 aromatic carbocycles. The van der Waals surface area contributed by atoms with E-state index in [1.165, 1.54) is 0 Å². The van der Waals surface area contributed by atoms with Crippen molar-refractivity contribution in [1.29, 1.82) is 5.26 Å². The van der Waals surface area contributed by atoms with E-state index in [2.05, 4.69) is 15.5 Å². The predicted octanol–water partition coefficient (Wildman–Crippen LogP) is 4.39. The summed E-state index contributed by atoms with van der Waals surface area (Å²) in [5, 5.41) is 20.6. The molecule has 0 saturated heterocycles. The number of nitriles is 1. The first kappa shape index (κ1) is 19.7. The van der Waals surface area contributed by atoms with Crippen LogP contribution < -0.4 is 10.1 Å². The number of carbonyl (C=O) groups excluding carboxylic acids is 1. The van der Waals surface area contributed by atoms with Crippen molar-refractivity contribution in [3.63, 3.8) is 0 Å². The fourth-order valence-corrected chi connectivity index (χ4v) is 2.96. The van der Waals surface area contributed by atoms with E-state index in [4.69, 9.17) is 26.0 Å². The van der Waals surface area contributed by atoms with Crippen molar-refractivity contribution in [1.82, 2.24) is 10.2 Å². The molecule has 1 amide bonds. The van der Waals surface area contributed by atoms with Crippen molar-refractivity contribution in [2.45, 2.75) is 12.1 Å². The van der Waals surface area contributed by atoms with Crippen LogP contribution in [0.2, 0.25) is 5.02 Å². The van der Waals surface area contributed by atoms with E-state index >= 15 is 0 Å². The van der Waals surface area contributed by atoms with Crippen LogP contribution in [-0.4, -0.2) is 28.5 Å². The molecule has 7 nitrogen and oxygen atoms in total. The van der Waals surface area contributed by atoms with Gasteiger partial charge in [-0.2, -0.15) is 5.26 Å². The lowest BCUT2D eigenvalue weighted by atomic mass is 10.2. The highest BCUT2D eigenvalue weighted by Crippen LogP contribution is 2.27. The van der Waals surface area contributed by atoms with Crippen molar-refractivity contribution in [3.05, 3.63) is 53.1 Å². The van der Waals surface area contributed by atoms with Crippen molar-refractivity contribution >= 4 is 35.0 Å². The smallest absolute Gasteiger partial charge is 0.277 e. The minimum atomic E-state index is -0.285. The van der Waals surface area contributed by atoms with Gasteiger partial charge in [0, 0.05) is 10.6 Å². The van der Waals surface area contributed by atoms with Gasteiger partial charge in [0.05, 0.1) is 29.7 Å². The number of nitrogens with zero attached hydrogens (tertiary/aromatic N) is 3. The van der Waals surface area contributed by atoms with Gasteiger partial charge in [0.2, 0.25) is 11.8 Å². The Balaban J connectivity index is 1.62. The molecule has 0 atom stereocenters. The second-order valence-corrected chi connectivity index (χ2v) is 6.84. The summed E-state index contributed by atoms with van der Waals surface area (Å²) in [4.78, 5) is 12.3. The zero-order valence-electron chi connectivity index (χ0n) is 14.8. The van der Waals surface area contributed by atoms with E-state index in [0.717, 1.165) is 17.3 Å². The number of halogens is 1. The highest BCUT2D eigenvalue weighted by Gasteiger charge is 2.13. The van der Waals surface area contributed by atoms with E-state index in [9.17, 15) is 4.79 Å². The average Bonchev–Trinajstić information content (AvgIpc) is 3.17. The average molecular weight is 415 g/mol. The van der Waals surface area contributed by atoms with Gasteiger partial charge >= 0.3 is 0 Å². The molecule has 1 N–H and O–H groups in total. The highest BCUT2D eigenvalue weighted by atomic mass is 35.5. The summed E-state index contributed by atoms with van der Waals surface area (Å²) in [6, 6.07) is 13.9. The quantitative estimate of drug-likeness (QED) is 0.572. The molecule has 142 valence electrons. The minimum Gasteiger partial charge on any atom is -0.492 e. The van der Waals surface area contributed by atoms with Crippen molar-refractivity contribution < 1.29 is 13.9 Å². The topological polar surface area (TPSA) is 101 Å². The van der Waals surface area contributed by atoms with Crippen LogP contribution in [0.5, 0.6) is 5.75 Å².